The molecule has 0 bridgehead atoms. The zero-order valence-electron chi connectivity index (χ0n) is 12.3. The fourth-order valence-electron chi connectivity index (χ4n) is 3.14. The standard InChI is InChI=1S/C16H22FNO3/c1-11-10-12(5-6-14(11)17)15(16(20)21)18-8-3-2-4-13(18)7-9-19/h5-6,10,13,15,19H,2-4,7-9H2,1H3,(H,20,21). The minimum absolute atomic E-state index is 0.0515. The average molecular weight is 295 g/mol. The summed E-state index contributed by atoms with van der Waals surface area (Å²) < 4.78 is 13.4. The van der Waals surface area contributed by atoms with E-state index in [0.29, 0.717) is 24.1 Å². The Bertz CT molecular complexity index is 504. The number of aliphatic hydroxyl groups excluding tert-OH is 1. The Labute approximate surface area is 124 Å². The molecule has 2 atom stereocenters. The molecule has 0 aliphatic carbocycles. The van der Waals surface area contributed by atoms with Gasteiger partial charge < -0.3 is 10.2 Å². The molecule has 116 valence electrons. The predicted molar refractivity (Wildman–Crippen MR) is 77.6 cm³/mol. The SMILES string of the molecule is Cc1cc(C(C(=O)O)N2CCCCC2CCO)ccc1F. The van der Waals surface area contributed by atoms with Gasteiger partial charge in [-0.25, -0.2) is 4.39 Å². The first-order valence-electron chi connectivity index (χ1n) is 7.40. The second kappa shape index (κ2) is 7.00. The minimum Gasteiger partial charge on any atom is -0.480 e. The highest BCUT2D eigenvalue weighted by Crippen LogP contribution is 2.31. The highest BCUT2D eigenvalue weighted by atomic mass is 19.1. The van der Waals surface area contributed by atoms with Crippen LogP contribution in [0.3, 0.4) is 0 Å². The number of aliphatic carboxylic acids is 1. The normalized spacial score (nSPS) is 21.2. The van der Waals surface area contributed by atoms with E-state index in [1.54, 1.807) is 19.1 Å². The van der Waals surface area contributed by atoms with Crippen LogP contribution in [0.5, 0.6) is 0 Å². The summed E-state index contributed by atoms with van der Waals surface area (Å²) in [6, 6.07) is 3.77. The van der Waals surface area contributed by atoms with Gasteiger partial charge in [0.1, 0.15) is 11.9 Å². The van der Waals surface area contributed by atoms with Gasteiger partial charge in [0, 0.05) is 12.6 Å². The van der Waals surface area contributed by atoms with Gasteiger partial charge in [-0.15, -0.1) is 0 Å². The topological polar surface area (TPSA) is 60.8 Å². The number of aliphatic hydroxyl groups is 1. The molecule has 1 aliphatic heterocycles. The zero-order chi connectivity index (χ0) is 15.4. The number of piperidine rings is 1. The van der Waals surface area contributed by atoms with Gasteiger partial charge in [0.05, 0.1) is 0 Å². The van der Waals surface area contributed by atoms with Crippen molar-refractivity contribution in [1.82, 2.24) is 4.90 Å². The molecule has 1 aromatic carbocycles. The van der Waals surface area contributed by atoms with E-state index < -0.39 is 12.0 Å². The number of aryl methyl sites for hydroxylation is 1. The van der Waals surface area contributed by atoms with E-state index in [1.165, 1.54) is 6.07 Å². The molecule has 0 radical (unpaired) electrons. The van der Waals surface area contributed by atoms with E-state index in [-0.39, 0.29) is 18.5 Å². The molecule has 0 saturated carbocycles. The van der Waals surface area contributed by atoms with E-state index in [1.807, 2.05) is 4.90 Å². The first-order valence-corrected chi connectivity index (χ1v) is 7.40. The number of benzene rings is 1. The molecule has 1 heterocycles. The predicted octanol–water partition coefficient (Wildman–Crippen LogP) is 2.50. The Hall–Kier alpha value is -1.46. The fraction of sp³-hybridized carbons (Fsp3) is 0.562. The molecule has 1 fully saturated rings. The van der Waals surface area contributed by atoms with Crippen molar-refractivity contribution in [3.63, 3.8) is 0 Å². The van der Waals surface area contributed by atoms with Crippen LogP contribution in [0.2, 0.25) is 0 Å². The summed E-state index contributed by atoms with van der Waals surface area (Å²) in [6.45, 7) is 2.38. The van der Waals surface area contributed by atoms with Crippen LogP contribution in [0.4, 0.5) is 4.39 Å². The fourth-order valence-corrected chi connectivity index (χ4v) is 3.14. The van der Waals surface area contributed by atoms with Gasteiger partial charge in [0.25, 0.3) is 0 Å². The summed E-state index contributed by atoms with van der Waals surface area (Å²) in [5.74, 6) is -1.25. The second-order valence-corrected chi connectivity index (χ2v) is 5.65. The van der Waals surface area contributed by atoms with Gasteiger partial charge in [-0.05, 0) is 49.9 Å². The molecule has 1 saturated heterocycles. The van der Waals surface area contributed by atoms with Crippen molar-refractivity contribution in [3.05, 3.63) is 35.1 Å². The largest absolute Gasteiger partial charge is 0.480 e. The van der Waals surface area contributed by atoms with E-state index in [9.17, 15) is 19.4 Å². The van der Waals surface area contributed by atoms with E-state index in [2.05, 4.69) is 0 Å². The number of carboxylic acids is 1. The second-order valence-electron chi connectivity index (χ2n) is 5.65. The monoisotopic (exact) mass is 295 g/mol. The van der Waals surface area contributed by atoms with Crippen molar-refractivity contribution in [1.29, 1.82) is 0 Å². The third-order valence-corrected chi connectivity index (χ3v) is 4.20. The van der Waals surface area contributed by atoms with Crippen LogP contribution >= 0.6 is 0 Å². The summed E-state index contributed by atoms with van der Waals surface area (Å²) in [4.78, 5) is 13.7. The average Bonchev–Trinajstić information content (AvgIpc) is 2.45. The number of carboxylic acid groups (broad SMARTS) is 1. The first-order chi connectivity index (χ1) is 10.0. The van der Waals surface area contributed by atoms with Crippen molar-refractivity contribution in [2.75, 3.05) is 13.2 Å². The molecule has 0 amide bonds. The molecule has 2 N–H and O–H groups in total. The summed E-state index contributed by atoms with van der Waals surface area (Å²) in [5.41, 5.74) is 1.06. The van der Waals surface area contributed by atoms with Gasteiger partial charge in [0.15, 0.2) is 0 Å². The van der Waals surface area contributed by atoms with Crippen LogP contribution in [-0.4, -0.2) is 40.3 Å². The summed E-state index contributed by atoms with van der Waals surface area (Å²) in [5, 5.41) is 18.8. The molecule has 2 rings (SSSR count). The van der Waals surface area contributed by atoms with E-state index >= 15 is 0 Å². The Morgan fingerprint density at radius 2 is 2.24 bits per heavy atom. The van der Waals surface area contributed by atoms with Crippen molar-refractivity contribution in [2.24, 2.45) is 0 Å². The molecule has 1 aliphatic rings. The number of hydrogen-bond acceptors (Lipinski definition) is 3. The lowest BCUT2D eigenvalue weighted by atomic mass is 9.94. The summed E-state index contributed by atoms with van der Waals surface area (Å²) in [7, 11) is 0. The van der Waals surface area contributed by atoms with Gasteiger partial charge >= 0.3 is 5.97 Å². The maximum absolute atomic E-state index is 13.4. The van der Waals surface area contributed by atoms with Gasteiger partial charge in [-0.2, -0.15) is 0 Å². The Balaban J connectivity index is 2.32. The maximum Gasteiger partial charge on any atom is 0.325 e. The zero-order valence-corrected chi connectivity index (χ0v) is 12.3. The molecule has 0 aromatic heterocycles. The third-order valence-electron chi connectivity index (χ3n) is 4.20. The highest BCUT2D eigenvalue weighted by molar-refractivity contribution is 5.75. The Morgan fingerprint density at radius 1 is 1.48 bits per heavy atom. The van der Waals surface area contributed by atoms with Crippen molar-refractivity contribution < 1.29 is 19.4 Å². The van der Waals surface area contributed by atoms with Crippen LogP contribution in [0.1, 0.15) is 42.9 Å². The van der Waals surface area contributed by atoms with Crippen LogP contribution in [0.15, 0.2) is 18.2 Å². The van der Waals surface area contributed by atoms with Crippen molar-refractivity contribution in [3.8, 4) is 0 Å². The Morgan fingerprint density at radius 3 is 2.86 bits per heavy atom. The third kappa shape index (κ3) is 3.60. The van der Waals surface area contributed by atoms with Crippen LogP contribution in [-0.2, 0) is 4.79 Å². The molecule has 0 spiro atoms. The number of halogens is 1. The molecule has 4 nitrogen and oxygen atoms in total. The van der Waals surface area contributed by atoms with Gasteiger partial charge in [-0.3, -0.25) is 9.69 Å². The number of nitrogens with zero attached hydrogens (tertiary/aromatic N) is 1. The summed E-state index contributed by atoms with van der Waals surface area (Å²) in [6.07, 6.45) is 3.47. The lowest BCUT2D eigenvalue weighted by Crippen LogP contribution is -2.45. The van der Waals surface area contributed by atoms with Gasteiger partial charge in [-0.1, -0.05) is 18.6 Å². The minimum atomic E-state index is -0.925. The molecular weight excluding hydrogens is 273 g/mol. The number of rotatable bonds is 5. The maximum atomic E-state index is 13.4. The molecule has 21 heavy (non-hydrogen) atoms. The smallest absolute Gasteiger partial charge is 0.325 e. The summed E-state index contributed by atoms with van der Waals surface area (Å²) >= 11 is 0. The van der Waals surface area contributed by atoms with Crippen LogP contribution < -0.4 is 0 Å². The molecule has 5 heteroatoms. The lowest BCUT2D eigenvalue weighted by molar-refractivity contribution is -0.145. The lowest BCUT2D eigenvalue weighted by Gasteiger charge is -2.39. The van der Waals surface area contributed by atoms with Gasteiger partial charge in [0.2, 0.25) is 0 Å². The van der Waals surface area contributed by atoms with E-state index in [0.717, 1.165) is 19.3 Å². The van der Waals surface area contributed by atoms with Crippen molar-refractivity contribution >= 4 is 5.97 Å². The van der Waals surface area contributed by atoms with Crippen LogP contribution in [0.25, 0.3) is 0 Å². The molecule has 1 aromatic rings. The first kappa shape index (κ1) is 15.9. The number of carbonyl (C=O) groups is 1. The number of likely N-dealkylation sites (tertiary alicyclic amines) is 1. The van der Waals surface area contributed by atoms with Crippen molar-refractivity contribution in [2.45, 2.75) is 44.7 Å². The number of hydrogen-bond donors (Lipinski definition) is 2. The van der Waals surface area contributed by atoms with E-state index in [4.69, 9.17) is 0 Å². The highest BCUT2D eigenvalue weighted by Gasteiger charge is 2.34. The molecular formula is C16H22FNO3. The quantitative estimate of drug-likeness (QED) is 0.876. The Kier molecular flexibility index (Phi) is 5.31. The molecule has 2 unspecified atom stereocenters. The van der Waals surface area contributed by atoms with Crippen LogP contribution in [0, 0.1) is 12.7 Å².